The van der Waals surface area contributed by atoms with Crippen LogP contribution in [0.3, 0.4) is 0 Å². The number of imidazole rings is 1. The highest BCUT2D eigenvalue weighted by Gasteiger charge is 2.37. The topological polar surface area (TPSA) is 52.9 Å². The summed E-state index contributed by atoms with van der Waals surface area (Å²) in [6.45, 7) is 0. The molecular formula is C14H17N3O. The molecule has 0 bridgehead atoms. The largest absolute Gasteiger partial charge is 0.332 e. The van der Waals surface area contributed by atoms with Crippen LogP contribution in [0.5, 0.6) is 0 Å². The smallest absolute Gasteiger partial charge is 0.325 e. The molecule has 2 N–H and O–H groups in total. The molecule has 0 amide bonds. The normalized spacial score (nSPS) is 16.8. The van der Waals surface area contributed by atoms with Crippen molar-refractivity contribution in [2.75, 3.05) is 0 Å². The molecule has 0 radical (unpaired) electrons. The van der Waals surface area contributed by atoms with E-state index in [0.29, 0.717) is 0 Å². The lowest BCUT2D eigenvalue weighted by Crippen LogP contribution is -2.24. The molecule has 18 heavy (non-hydrogen) atoms. The molecule has 0 saturated heterocycles. The summed E-state index contributed by atoms with van der Waals surface area (Å²) in [6.07, 6.45) is 6.70. The third-order valence-electron chi connectivity index (χ3n) is 3.61. The Kier molecular flexibility index (Phi) is 2.41. The summed E-state index contributed by atoms with van der Waals surface area (Å²) >= 11 is 0. The van der Waals surface area contributed by atoms with E-state index in [1.807, 2.05) is 12.1 Å². The van der Waals surface area contributed by atoms with Crippen LogP contribution in [-0.4, -0.2) is 14.7 Å². The molecule has 1 aromatic carbocycles. The van der Waals surface area contributed by atoms with Crippen molar-refractivity contribution in [3.05, 3.63) is 52.7 Å². The monoisotopic (exact) mass is 243 g/mol. The van der Waals surface area contributed by atoms with E-state index in [1.54, 1.807) is 28.6 Å². The fourth-order valence-corrected chi connectivity index (χ4v) is 2.18. The molecule has 1 aliphatic rings. The summed E-state index contributed by atoms with van der Waals surface area (Å²) in [5, 5.41) is 0. The zero-order valence-electron chi connectivity index (χ0n) is 10.5. The number of aromatic nitrogens is 2. The van der Waals surface area contributed by atoms with Gasteiger partial charge in [-0.25, -0.2) is 4.79 Å². The number of hydrogen-bond acceptors (Lipinski definition) is 2. The van der Waals surface area contributed by atoms with Gasteiger partial charge in [-0.2, -0.15) is 0 Å². The Bertz CT molecular complexity index is 617. The Labute approximate surface area is 106 Å². The minimum absolute atomic E-state index is 0.0276. The Morgan fingerprint density at radius 2 is 1.89 bits per heavy atom. The van der Waals surface area contributed by atoms with Crippen LogP contribution in [0.25, 0.3) is 5.69 Å². The van der Waals surface area contributed by atoms with Crippen molar-refractivity contribution in [1.29, 1.82) is 0 Å². The highest BCUT2D eigenvalue weighted by atomic mass is 16.1. The first kappa shape index (κ1) is 11.3. The number of aryl methyl sites for hydroxylation is 1. The van der Waals surface area contributed by atoms with Crippen molar-refractivity contribution < 1.29 is 0 Å². The summed E-state index contributed by atoms with van der Waals surface area (Å²) in [7, 11) is 1.75. The summed E-state index contributed by atoms with van der Waals surface area (Å²) in [6, 6.07) is 8.06. The van der Waals surface area contributed by atoms with Crippen LogP contribution in [-0.2, 0) is 13.5 Å². The molecule has 2 aromatic rings. The van der Waals surface area contributed by atoms with E-state index in [0.717, 1.165) is 24.9 Å². The average molecular weight is 243 g/mol. The first-order chi connectivity index (χ1) is 8.57. The van der Waals surface area contributed by atoms with Crippen molar-refractivity contribution in [3.8, 4) is 5.69 Å². The standard InChI is InChI=1S/C14H17N3O/c1-16-8-9-17(13(16)18)12-4-2-11(3-5-12)10-14(15)6-7-14/h2-5,8-9H,6-7,10,15H2,1H3. The molecular weight excluding hydrogens is 226 g/mol. The van der Waals surface area contributed by atoms with Gasteiger partial charge in [-0.15, -0.1) is 0 Å². The van der Waals surface area contributed by atoms with Crippen molar-refractivity contribution in [1.82, 2.24) is 9.13 Å². The number of rotatable bonds is 3. The summed E-state index contributed by atoms with van der Waals surface area (Å²) < 4.78 is 3.20. The molecule has 4 heteroatoms. The van der Waals surface area contributed by atoms with Gasteiger partial charge in [0.1, 0.15) is 0 Å². The first-order valence-corrected chi connectivity index (χ1v) is 6.20. The van der Waals surface area contributed by atoms with Gasteiger partial charge in [0.15, 0.2) is 0 Å². The number of hydrogen-bond donors (Lipinski definition) is 1. The molecule has 94 valence electrons. The van der Waals surface area contributed by atoms with E-state index < -0.39 is 0 Å². The predicted molar refractivity (Wildman–Crippen MR) is 70.9 cm³/mol. The van der Waals surface area contributed by atoms with Crippen molar-refractivity contribution in [2.24, 2.45) is 12.8 Å². The van der Waals surface area contributed by atoms with Gasteiger partial charge in [-0.1, -0.05) is 12.1 Å². The molecule has 1 aromatic heterocycles. The molecule has 0 unspecified atom stereocenters. The lowest BCUT2D eigenvalue weighted by atomic mass is 10.0. The van der Waals surface area contributed by atoms with Crippen molar-refractivity contribution in [3.63, 3.8) is 0 Å². The van der Waals surface area contributed by atoms with Gasteiger partial charge in [-0.05, 0) is 37.0 Å². The maximum absolute atomic E-state index is 11.8. The highest BCUT2D eigenvalue weighted by Crippen LogP contribution is 2.35. The number of nitrogens with two attached hydrogens (primary N) is 1. The third-order valence-corrected chi connectivity index (χ3v) is 3.61. The van der Waals surface area contributed by atoms with Crippen LogP contribution < -0.4 is 11.4 Å². The minimum atomic E-state index is -0.0276. The molecule has 1 saturated carbocycles. The fraction of sp³-hybridized carbons (Fsp3) is 0.357. The Hall–Kier alpha value is -1.81. The second kappa shape index (κ2) is 3.85. The van der Waals surface area contributed by atoms with E-state index in [4.69, 9.17) is 5.73 Å². The zero-order chi connectivity index (χ0) is 12.8. The SMILES string of the molecule is Cn1ccn(-c2ccc(CC3(N)CC3)cc2)c1=O. The summed E-state index contributed by atoms with van der Waals surface area (Å²) in [5.41, 5.74) is 8.24. The average Bonchev–Trinajstić information content (AvgIpc) is 2.99. The molecule has 0 atom stereocenters. The Morgan fingerprint density at radius 1 is 1.22 bits per heavy atom. The van der Waals surface area contributed by atoms with Gasteiger partial charge >= 0.3 is 5.69 Å². The number of nitrogens with zero attached hydrogens (tertiary/aromatic N) is 2. The van der Waals surface area contributed by atoms with E-state index in [2.05, 4.69) is 12.1 Å². The van der Waals surface area contributed by atoms with Gasteiger partial charge in [0.05, 0.1) is 5.69 Å². The fourth-order valence-electron chi connectivity index (χ4n) is 2.18. The highest BCUT2D eigenvalue weighted by molar-refractivity contribution is 5.35. The van der Waals surface area contributed by atoms with Crippen LogP contribution in [0.4, 0.5) is 0 Å². The van der Waals surface area contributed by atoms with Gasteiger partial charge in [0.25, 0.3) is 0 Å². The molecule has 3 rings (SSSR count). The molecule has 0 aliphatic heterocycles. The molecule has 1 fully saturated rings. The minimum Gasteiger partial charge on any atom is -0.325 e. The van der Waals surface area contributed by atoms with Crippen molar-refractivity contribution >= 4 is 0 Å². The van der Waals surface area contributed by atoms with Crippen LogP contribution in [0.15, 0.2) is 41.5 Å². The maximum Gasteiger partial charge on any atom is 0.332 e. The second-order valence-corrected chi connectivity index (χ2v) is 5.27. The van der Waals surface area contributed by atoms with E-state index in [1.165, 1.54) is 5.56 Å². The van der Waals surface area contributed by atoms with Crippen LogP contribution in [0.2, 0.25) is 0 Å². The van der Waals surface area contributed by atoms with Gasteiger partial charge in [-0.3, -0.25) is 4.57 Å². The Morgan fingerprint density at radius 3 is 2.39 bits per heavy atom. The quantitative estimate of drug-likeness (QED) is 0.881. The first-order valence-electron chi connectivity index (χ1n) is 6.20. The van der Waals surface area contributed by atoms with E-state index >= 15 is 0 Å². The lowest BCUT2D eigenvalue weighted by Gasteiger charge is -2.09. The van der Waals surface area contributed by atoms with Crippen LogP contribution in [0, 0.1) is 0 Å². The summed E-state index contributed by atoms with van der Waals surface area (Å²) in [4.78, 5) is 11.8. The van der Waals surface area contributed by atoms with E-state index in [-0.39, 0.29) is 11.2 Å². The molecule has 0 spiro atoms. The lowest BCUT2D eigenvalue weighted by molar-refractivity contribution is 0.672. The molecule has 1 aliphatic carbocycles. The predicted octanol–water partition coefficient (Wildman–Crippen LogP) is 1.21. The third kappa shape index (κ3) is 1.99. The van der Waals surface area contributed by atoms with Crippen LogP contribution in [0.1, 0.15) is 18.4 Å². The maximum atomic E-state index is 11.8. The Balaban J connectivity index is 1.86. The van der Waals surface area contributed by atoms with Gasteiger partial charge < -0.3 is 10.3 Å². The number of benzene rings is 1. The zero-order valence-corrected chi connectivity index (χ0v) is 10.5. The molecule has 1 heterocycles. The van der Waals surface area contributed by atoms with Crippen molar-refractivity contribution in [2.45, 2.75) is 24.8 Å². The van der Waals surface area contributed by atoms with Gasteiger partial charge in [0, 0.05) is 25.0 Å². The van der Waals surface area contributed by atoms with Crippen LogP contribution >= 0.6 is 0 Å². The second-order valence-electron chi connectivity index (χ2n) is 5.27. The summed E-state index contributed by atoms with van der Waals surface area (Å²) in [5.74, 6) is 0. The molecule has 4 nitrogen and oxygen atoms in total. The van der Waals surface area contributed by atoms with Gasteiger partial charge in [0.2, 0.25) is 0 Å². The van der Waals surface area contributed by atoms with E-state index in [9.17, 15) is 4.79 Å².